The highest BCUT2D eigenvalue weighted by Gasteiger charge is 2.69. The zero-order chi connectivity index (χ0) is 20.6. The molecule has 2 aromatic rings. The van der Waals surface area contributed by atoms with E-state index in [1.54, 1.807) is 0 Å². The highest BCUT2D eigenvalue weighted by atomic mass is 19.3. The van der Waals surface area contributed by atoms with Crippen molar-refractivity contribution < 1.29 is 40.3 Å². The van der Waals surface area contributed by atoms with Gasteiger partial charge in [0.15, 0.2) is 11.6 Å². The van der Waals surface area contributed by atoms with Crippen molar-refractivity contribution in [3.05, 3.63) is 59.4 Å². The summed E-state index contributed by atoms with van der Waals surface area (Å²) >= 11 is 0. The van der Waals surface area contributed by atoms with Gasteiger partial charge in [-0.2, -0.15) is 26.3 Å². The van der Waals surface area contributed by atoms with Crippen molar-refractivity contribution in [2.45, 2.75) is 24.7 Å². The topological polar surface area (TPSA) is 52.3 Å². The normalized spacial score (nSPS) is 12.7. The predicted octanol–water partition coefficient (Wildman–Crippen LogP) is 5.10. The zero-order valence-corrected chi connectivity index (χ0v) is 13.6. The number of carbonyl (C=O) groups excluding carboxylic acids is 1. The maximum Gasteiger partial charge on any atom is 0.375 e. The molecule has 0 spiro atoms. The van der Waals surface area contributed by atoms with E-state index in [2.05, 4.69) is 0 Å². The number of halogens is 7. The molecule has 2 N–H and O–H groups in total. The van der Waals surface area contributed by atoms with Gasteiger partial charge in [-0.15, -0.1) is 0 Å². The van der Waals surface area contributed by atoms with Crippen LogP contribution in [0.25, 0.3) is 0 Å². The second kappa shape index (κ2) is 6.75. The summed E-state index contributed by atoms with van der Waals surface area (Å²) in [6.45, 7) is -0.309. The van der Waals surface area contributed by atoms with Gasteiger partial charge in [0.05, 0.1) is 0 Å². The molecule has 0 aliphatic heterocycles. The molecule has 3 nitrogen and oxygen atoms in total. The predicted molar refractivity (Wildman–Crippen MR) is 80.9 cm³/mol. The number of benzene rings is 2. The summed E-state index contributed by atoms with van der Waals surface area (Å²) in [5.74, 6) is -18.2. The van der Waals surface area contributed by atoms with Crippen LogP contribution in [-0.4, -0.2) is 17.8 Å². The highest BCUT2D eigenvalue weighted by molar-refractivity contribution is 5.92. The van der Waals surface area contributed by atoms with Crippen LogP contribution in [0.15, 0.2) is 42.5 Å². The van der Waals surface area contributed by atoms with E-state index < -0.39 is 40.8 Å². The molecule has 0 aliphatic rings. The van der Waals surface area contributed by atoms with E-state index in [1.165, 1.54) is 0 Å². The van der Waals surface area contributed by atoms with Crippen LogP contribution in [0, 0.1) is 5.82 Å². The number of alkyl halides is 6. The van der Waals surface area contributed by atoms with Crippen LogP contribution >= 0.6 is 0 Å². The van der Waals surface area contributed by atoms with E-state index in [4.69, 9.17) is 10.5 Å². The Balaban J connectivity index is 2.27. The van der Waals surface area contributed by atoms with Gasteiger partial charge < -0.3 is 10.5 Å². The van der Waals surface area contributed by atoms with E-state index in [0.29, 0.717) is 12.1 Å². The van der Waals surface area contributed by atoms with E-state index in [0.717, 1.165) is 30.3 Å². The minimum atomic E-state index is -5.63. The van der Waals surface area contributed by atoms with Crippen molar-refractivity contribution in [3.8, 4) is 11.5 Å². The van der Waals surface area contributed by atoms with Crippen molar-refractivity contribution in [1.29, 1.82) is 0 Å². The van der Waals surface area contributed by atoms with Gasteiger partial charge in [-0.05, 0) is 42.5 Å². The quantitative estimate of drug-likeness (QED) is 0.692. The summed E-state index contributed by atoms with van der Waals surface area (Å²) in [7, 11) is 0. The first-order chi connectivity index (χ1) is 12.3. The SMILES string of the molecule is CC(F)(F)C(F)(F)C(F)(F)c1ccc(Oc2ccc(C(N)=O)cc2F)cc1. The molecule has 0 fully saturated rings. The zero-order valence-electron chi connectivity index (χ0n) is 13.6. The van der Waals surface area contributed by atoms with Crippen LogP contribution in [0.5, 0.6) is 11.5 Å². The summed E-state index contributed by atoms with van der Waals surface area (Å²) in [6, 6.07) is 5.47. The fourth-order valence-electron chi connectivity index (χ4n) is 2.05. The molecule has 1 amide bonds. The van der Waals surface area contributed by atoms with Crippen molar-refractivity contribution in [1.82, 2.24) is 0 Å². The Morgan fingerprint density at radius 3 is 1.96 bits per heavy atom. The minimum Gasteiger partial charge on any atom is -0.454 e. The third kappa shape index (κ3) is 3.83. The monoisotopic (exact) mass is 395 g/mol. The largest absolute Gasteiger partial charge is 0.454 e. The number of rotatable bonds is 6. The van der Waals surface area contributed by atoms with Gasteiger partial charge in [0, 0.05) is 18.1 Å². The average Bonchev–Trinajstić information content (AvgIpc) is 2.55. The first-order valence-corrected chi connectivity index (χ1v) is 7.28. The van der Waals surface area contributed by atoms with Crippen molar-refractivity contribution in [2.75, 3.05) is 0 Å². The third-order valence-corrected chi connectivity index (χ3v) is 3.61. The summed E-state index contributed by atoms with van der Waals surface area (Å²) in [6.07, 6.45) is 0. The Hall–Kier alpha value is -2.78. The lowest BCUT2D eigenvalue weighted by Crippen LogP contribution is -2.50. The minimum absolute atomic E-state index is 0.141. The molecule has 0 saturated carbocycles. The standard InChI is InChI=1S/C17H12F7NO2/c1-15(19,20)17(23,24)16(21,22)10-3-5-11(6-4-10)27-13-7-2-9(14(25)26)8-12(13)18/h2-8H,1H3,(H2,25,26). The van der Waals surface area contributed by atoms with E-state index in [9.17, 15) is 35.5 Å². The molecule has 0 saturated heterocycles. The van der Waals surface area contributed by atoms with Gasteiger partial charge in [0.2, 0.25) is 5.91 Å². The smallest absolute Gasteiger partial charge is 0.375 e. The molecule has 0 unspecified atom stereocenters. The Bertz CT molecular complexity index is 845. The number of primary amides is 1. The Kier molecular flexibility index (Phi) is 5.13. The molecule has 146 valence electrons. The van der Waals surface area contributed by atoms with E-state index in [-0.39, 0.29) is 18.2 Å². The first-order valence-electron chi connectivity index (χ1n) is 7.28. The van der Waals surface area contributed by atoms with Gasteiger partial charge in [-0.25, -0.2) is 4.39 Å². The van der Waals surface area contributed by atoms with Crippen LogP contribution in [0.2, 0.25) is 0 Å². The maximum atomic E-state index is 13.8. The second-order valence-corrected chi connectivity index (χ2v) is 5.67. The van der Waals surface area contributed by atoms with Gasteiger partial charge in [0.25, 0.3) is 0 Å². The Morgan fingerprint density at radius 1 is 0.963 bits per heavy atom. The van der Waals surface area contributed by atoms with Crippen LogP contribution in [0.1, 0.15) is 22.8 Å². The molecule has 2 aromatic carbocycles. The molecule has 0 aliphatic carbocycles. The lowest BCUT2D eigenvalue weighted by Gasteiger charge is -2.31. The van der Waals surface area contributed by atoms with Gasteiger partial charge >= 0.3 is 17.8 Å². The van der Waals surface area contributed by atoms with Crippen LogP contribution in [0.3, 0.4) is 0 Å². The third-order valence-electron chi connectivity index (χ3n) is 3.61. The molecule has 27 heavy (non-hydrogen) atoms. The van der Waals surface area contributed by atoms with E-state index >= 15 is 0 Å². The summed E-state index contributed by atoms with van der Waals surface area (Å²) in [5.41, 5.74) is 3.47. The van der Waals surface area contributed by atoms with Gasteiger partial charge in [-0.3, -0.25) is 4.79 Å². The summed E-state index contributed by atoms with van der Waals surface area (Å²) in [4.78, 5) is 10.9. The molecule has 0 atom stereocenters. The number of carbonyl (C=O) groups is 1. The number of hydrogen-bond donors (Lipinski definition) is 1. The Morgan fingerprint density at radius 2 is 1.52 bits per heavy atom. The number of nitrogens with two attached hydrogens (primary N) is 1. The average molecular weight is 395 g/mol. The second-order valence-electron chi connectivity index (χ2n) is 5.67. The van der Waals surface area contributed by atoms with Crippen molar-refractivity contribution in [2.24, 2.45) is 5.73 Å². The number of ether oxygens (including phenoxy) is 1. The number of amides is 1. The van der Waals surface area contributed by atoms with Crippen molar-refractivity contribution in [3.63, 3.8) is 0 Å². The number of hydrogen-bond acceptors (Lipinski definition) is 2. The first kappa shape index (κ1) is 20.5. The fraction of sp³-hybridized carbons (Fsp3) is 0.235. The molecule has 0 heterocycles. The van der Waals surface area contributed by atoms with Crippen molar-refractivity contribution >= 4 is 5.91 Å². The fourth-order valence-corrected chi connectivity index (χ4v) is 2.05. The van der Waals surface area contributed by atoms with Crippen LogP contribution in [-0.2, 0) is 5.92 Å². The lowest BCUT2D eigenvalue weighted by atomic mass is 9.98. The molecular weight excluding hydrogens is 383 g/mol. The molecular formula is C17H12F7NO2. The van der Waals surface area contributed by atoms with Gasteiger partial charge in [-0.1, -0.05) is 0 Å². The lowest BCUT2D eigenvalue weighted by molar-refractivity contribution is -0.308. The maximum absolute atomic E-state index is 13.8. The molecule has 0 radical (unpaired) electrons. The Labute approximate surface area is 148 Å². The molecule has 0 bridgehead atoms. The molecule has 2 rings (SSSR count). The van der Waals surface area contributed by atoms with E-state index in [1.807, 2.05) is 0 Å². The summed E-state index contributed by atoms with van der Waals surface area (Å²) in [5, 5.41) is 0. The highest BCUT2D eigenvalue weighted by Crippen LogP contribution is 2.51. The summed E-state index contributed by atoms with van der Waals surface area (Å²) < 4.78 is 98.9. The van der Waals surface area contributed by atoms with Gasteiger partial charge in [0.1, 0.15) is 5.75 Å². The molecule has 10 heteroatoms. The van der Waals surface area contributed by atoms with Crippen LogP contribution in [0.4, 0.5) is 30.7 Å². The van der Waals surface area contributed by atoms with Crippen LogP contribution < -0.4 is 10.5 Å². The molecule has 0 aromatic heterocycles.